The largest absolute Gasteiger partial charge is 0.481 e. The van der Waals surface area contributed by atoms with Gasteiger partial charge in [0.1, 0.15) is 11.5 Å². The zero-order chi connectivity index (χ0) is 25.4. The zero-order valence-electron chi connectivity index (χ0n) is 18.0. The molecule has 0 saturated heterocycles. The van der Waals surface area contributed by atoms with E-state index in [-0.39, 0.29) is 22.9 Å². The summed E-state index contributed by atoms with van der Waals surface area (Å²) in [6.07, 6.45) is 0.289. The first-order valence-corrected chi connectivity index (χ1v) is 10.4. The van der Waals surface area contributed by atoms with Crippen molar-refractivity contribution in [2.75, 3.05) is 4.90 Å². The molecule has 35 heavy (non-hydrogen) atoms. The molecule has 0 aromatic heterocycles. The van der Waals surface area contributed by atoms with E-state index in [0.717, 1.165) is 0 Å². The smallest absolute Gasteiger partial charge is 0.387 e. The van der Waals surface area contributed by atoms with Crippen LogP contribution in [-0.2, 0) is 4.79 Å². The highest BCUT2D eigenvalue weighted by atomic mass is 19.3. The summed E-state index contributed by atoms with van der Waals surface area (Å²) in [5.41, 5.74) is -0.874. The number of rotatable bonds is 8. The van der Waals surface area contributed by atoms with E-state index >= 15 is 0 Å². The number of alkyl halides is 4. The van der Waals surface area contributed by atoms with E-state index in [2.05, 4.69) is 9.47 Å². The molecule has 1 aliphatic rings. The van der Waals surface area contributed by atoms with Crippen molar-refractivity contribution >= 4 is 34.2 Å². The fourth-order valence-electron chi connectivity index (χ4n) is 4.17. The summed E-state index contributed by atoms with van der Waals surface area (Å²) in [5, 5.41) is 9.10. The summed E-state index contributed by atoms with van der Waals surface area (Å²) >= 11 is 0. The van der Waals surface area contributed by atoms with E-state index in [9.17, 15) is 37.1 Å². The van der Waals surface area contributed by atoms with Gasteiger partial charge in [-0.25, -0.2) is 4.90 Å². The molecule has 1 unspecified atom stereocenters. The summed E-state index contributed by atoms with van der Waals surface area (Å²) in [6, 6.07) is 10.8. The van der Waals surface area contributed by atoms with Gasteiger partial charge >= 0.3 is 19.2 Å². The molecule has 3 aromatic rings. The highest BCUT2D eigenvalue weighted by Gasteiger charge is 2.44. The van der Waals surface area contributed by atoms with Crippen LogP contribution in [0.4, 0.5) is 23.2 Å². The minimum atomic E-state index is -3.37. The number of aliphatic carboxylic acids is 1. The fraction of sp³-hybridized carbons (Fsp3) is 0.208. The van der Waals surface area contributed by atoms with E-state index in [0.29, 0.717) is 10.5 Å². The van der Waals surface area contributed by atoms with E-state index in [1.807, 2.05) is 0 Å². The van der Waals surface area contributed by atoms with E-state index in [1.54, 1.807) is 6.92 Å². The normalized spacial score (nSPS) is 14.1. The third kappa shape index (κ3) is 4.13. The minimum Gasteiger partial charge on any atom is -0.481 e. The summed E-state index contributed by atoms with van der Waals surface area (Å²) < 4.78 is 62.2. The quantitative estimate of drug-likeness (QED) is 0.334. The molecule has 0 radical (unpaired) electrons. The molecule has 0 bridgehead atoms. The second-order valence-electron chi connectivity index (χ2n) is 7.55. The summed E-state index contributed by atoms with van der Waals surface area (Å²) in [4.78, 5) is 38.7. The van der Waals surface area contributed by atoms with Crippen molar-refractivity contribution in [2.24, 2.45) is 0 Å². The summed E-state index contributed by atoms with van der Waals surface area (Å²) in [5.74, 6) is -5.32. The Bertz CT molecular complexity index is 1260. The van der Waals surface area contributed by atoms with Gasteiger partial charge in [0.15, 0.2) is 0 Å². The Morgan fingerprint density at radius 2 is 1.31 bits per heavy atom. The van der Waals surface area contributed by atoms with Gasteiger partial charge < -0.3 is 14.6 Å². The minimum absolute atomic E-state index is 0.0183. The molecular weight excluding hydrogens is 474 g/mol. The molecule has 2 amide bonds. The maximum atomic E-state index is 13.3. The first-order chi connectivity index (χ1) is 16.6. The molecular formula is C24H17F4NO6. The number of carboxylic acid groups (broad SMARTS) is 1. The Morgan fingerprint density at radius 3 is 1.69 bits per heavy atom. The van der Waals surface area contributed by atoms with Gasteiger partial charge in [-0.05, 0) is 24.1 Å². The highest BCUT2D eigenvalue weighted by Crippen LogP contribution is 2.47. The fourth-order valence-corrected chi connectivity index (χ4v) is 4.17. The van der Waals surface area contributed by atoms with E-state index in [1.165, 1.54) is 48.5 Å². The van der Waals surface area contributed by atoms with Crippen LogP contribution >= 0.6 is 0 Å². The molecule has 1 heterocycles. The number of carboxylic acids is 1. The Kier molecular flexibility index (Phi) is 6.33. The third-order valence-electron chi connectivity index (χ3n) is 5.63. The van der Waals surface area contributed by atoms with Crippen molar-refractivity contribution < 1.29 is 46.5 Å². The molecule has 7 nitrogen and oxygen atoms in total. The first-order valence-electron chi connectivity index (χ1n) is 10.4. The lowest BCUT2D eigenvalue weighted by Gasteiger charge is -2.16. The molecule has 4 rings (SSSR count). The van der Waals surface area contributed by atoms with E-state index in [4.69, 9.17) is 0 Å². The van der Waals surface area contributed by atoms with E-state index < -0.39 is 59.6 Å². The van der Waals surface area contributed by atoms with Crippen LogP contribution in [0.15, 0.2) is 48.5 Å². The number of hydrogen-bond donors (Lipinski definition) is 1. The molecule has 182 valence electrons. The molecule has 0 saturated carbocycles. The van der Waals surface area contributed by atoms with Crippen LogP contribution in [0.2, 0.25) is 0 Å². The number of nitrogens with zero attached hydrogens (tertiary/aromatic N) is 1. The number of carbonyl (C=O) groups excluding carboxylic acids is 2. The van der Waals surface area contributed by atoms with Gasteiger partial charge in [0.2, 0.25) is 0 Å². The average molecular weight is 491 g/mol. The standard InChI is InChI=1S/C24H17F4NO6/c1-2-13(22(32)33)11-7-9-12(10-8-11)29-20(30)16-17(21(29)31)19(35-24(27)28)15-6-4-3-5-14(15)18(16)34-23(25)26/h3-10,13,23-24H,2H2,1H3,(H,32,33). The first kappa shape index (κ1) is 24.0. The number of imide groups is 1. The van der Waals surface area contributed by atoms with Gasteiger partial charge in [-0.15, -0.1) is 0 Å². The molecule has 1 aliphatic heterocycles. The predicted molar refractivity (Wildman–Crippen MR) is 115 cm³/mol. The lowest BCUT2D eigenvalue weighted by atomic mass is 9.96. The van der Waals surface area contributed by atoms with Crippen LogP contribution in [0.25, 0.3) is 10.8 Å². The molecule has 1 atom stereocenters. The van der Waals surface area contributed by atoms with Crippen molar-refractivity contribution in [3.05, 3.63) is 65.2 Å². The molecule has 0 spiro atoms. The monoisotopic (exact) mass is 491 g/mol. The van der Waals surface area contributed by atoms with Gasteiger partial charge in [0.25, 0.3) is 11.8 Å². The van der Waals surface area contributed by atoms with Gasteiger partial charge in [-0.1, -0.05) is 43.3 Å². The van der Waals surface area contributed by atoms with Crippen molar-refractivity contribution in [3.8, 4) is 11.5 Å². The number of fused-ring (bicyclic) bond motifs is 2. The second kappa shape index (κ2) is 9.24. The van der Waals surface area contributed by atoms with Crippen LogP contribution in [0, 0.1) is 0 Å². The SMILES string of the molecule is CCC(C(=O)O)c1ccc(N2C(=O)c3c(c(OC(F)F)c4ccccc4c3OC(F)F)C2=O)cc1. The molecule has 0 aliphatic carbocycles. The Hall–Kier alpha value is -4.15. The highest BCUT2D eigenvalue weighted by molar-refractivity contribution is 6.38. The summed E-state index contributed by atoms with van der Waals surface area (Å²) in [6.45, 7) is -5.07. The van der Waals surface area contributed by atoms with Gasteiger partial charge in [-0.2, -0.15) is 17.6 Å². The molecule has 1 N–H and O–H groups in total. The van der Waals surface area contributed by atoms with Gasteiger partial charge in [0.05, 0.1) is 22.7 Å². The predicted octanol–water partition coefficient (Wildman–Crippen LogP) is 5.42. The van der Waals surface area contributed by atoms with Gasteiger partial charge in [0, 0.05) is 10.8 Å². The van der Waals surface area contributed by atoms with Crippen molar-refractivity contribution in [3.63, 3.8) is 0 Å². The molecule has 3 aromatic carbocycles. The Morgan fingerprint density at radius 1 is 0.857 bits per heavy atom. The number of benzene rings is 3. The maximum absolute atomic E-state index is 13.3. The molecule has 0 fully saturated rings. The Labute approximate surface area is 195 Å². The topological polar surface area (TPSA) is 93.1 Å². The van der Waals surface area contributed by atoms with Crippen LogP contribution in [0.5, 0.6) is 11.5 Å². The van der Waals surface area contributed by atoms with Crippen molar-refractivity contribution in [1.82, 2.24) is 0 Å². The second-order valence-corrected chi connectivity index (χ2v) is 7.55. The number of halogens is 4. The van der Waals surface area contributed by atoms with Gasteiger partial charge in [-0.3, -0.25) is 14.4 Å². The number of carbonyl (C=O) groups is 3. The van der Waals surface area contributed by atoms with Crippen molar-refractivity contribution in [1.29, 1.82) is 0 Å². The lowest BCUT2D eigenvalue weighted by Crippen LogP contribution is -2.29. The number of ether oxygens (including phenoxy) is 2. The third-order valence-corrected chi connectivity index (χ3v) is 5.63. The zero-order valence-corrected chi connectivity index (χ0v) is 18.0. The molecule has 11 heteroatoms. The van der Waals surface area contributed by atoms with Crippen LogP contribution in [0.3, 0.4) is 0 Å². The number of anilines is 1. The average Bonchev–Trinajstić information content (AvgIpc) is 3.06. The van der Waals surface area contributed by atoms with Crippen molar-refractivity contribution in [2.45, 2.75) is 32.5 Å². The number of amides is 2. The summed E-state index contributed by atoms with van der Waals surface area (Å²) in [7, 11) is 0. The van der Waals surface area contributed by atoms with Crippen LogP contribution in [0.1, 0.15) is 45.5 Å². The number of hydrogen-bond acceptors (Lipinski definition) is 5. The van der Waals surface area contributed by atoms with Crippen LogP contribution < -0.4 is 14.4 Å². The van der Waals surface area contributed by atoms with Crippen LogP contribution in [-0.4, -0.2) is 36.1 Å². The maximum Gasteiger partial charge on any atom is 0.387 e. The Balaban J connectivity index is 1.90. The lowest BCUT2D eigenvalue weighted by molar-refractivity contribution is -0.138.